The van der Waals surface area contributed by atoms with Crippen LogP contribution < -0.4 is 0 Å². The molecule has 0 amide bonds. The molecule has 0 saturated carbocycles. The standard InChI is InChI=1S/C8H9F3O4/c1-13-4-15-6(8(9,10)11)5-2-3-14-7(5)12/h2,6H,3-4H2,1H3. The second-order valence-electron chi connectivity index (χ2n) is 2.75. The van der Waals surface area contributed by atoms with Crippen molar-refractivity contribution in [2.24, 2.45) is 0 Å². The number of ether oxygens (including phenoxy) is 3. The highest BCUT2D eigenvalue weighted by molar-refractivity contribution is 5.91. The number of esters is 1. The lowest BCUT2D eigenvalue weighted by Crippen LogP contribution is -2.36. The Bertz CT molecular complexity index is 272. The molecule has 15 heavy (non-hydrogen) atoms. The summed E-state index contributed by atoms with van der Waals surface area (Å²) in [6.07, 6.45) is -5.89. The molecule has 0 radical (unpaired) electrons. The zero-order chi connectivity index (χ0) is 11.5. The molecule has 0 N–H and O–H groups in total. The van der Waals surface area contributed by atoms with Crippen molar-refractivity contribution in [3.8, 4) is 0 Å². The molecule has 0 aliphatic carbocycles. The van der Waals surface area contributed by atoms with Gasteiger partial charge in [0.25, 0.3) is 0 Å². The Morgan fingerprint density at radius 2 is 2.27 bits per heavy atom. The second kappa shape index (κ2) is 4.63. The number of hydrogen-bond acceptors (Lipinski definition) is 4. The topological polar surface area (TPSA) is 44.8 Å². The minimum absolute atomic E-state index is 0.156. The molecule has 1 aliphatic heterocycles. The van der Waals surface area contributed by atoms with E-state index in [1.807, 2.05) is 0 Å². The number of methoxy groups -OCH3 is 1. The van der Waals surface area contributed by atoms with E-state index in [0.717, 1.165) is 6.08 Å². The van der Waals surface area contributed by atoms with Crippen molar-refractivity contribution in [1.82, 2.24) is 0 Å². The Labute approximate surface area is 83.6 Å². The molecule has 0 aromatic rings. The minimum Gasteiger partial charge on any atom is -0.458 e. The van der Waals surface area contributed by atoms with Gasteiger partial charge in [0.2, 0.25) is 0 Å². The summed E-state index contributed by atoms with van der Waals surface area (Å²) in [4.78, 5) is 10.9. The van der Waals surface area contributed by atoms with Crippen LogP contribution in [0.5, 0.6) is 0 Å². The number of carbonyl (C=O) groups is 1. The summed E-state index contributed by atoms with van der Waals surface area (Å²) in [5, 5.41) is 0. The highest BCUT2D eigenvalue weighted by Crippen LogP contribution is 2.30. The Kier molecular flexibility index (Phi) is 3.70. The normalized spacial score (nSPS) is 18.7. The first-order valence-electron chi connectivity index (χ1n) is 4.01. The quantitative estimate of drug-likeness (QED) is 0.530. The third-order valence-corrected chi connectivity index (χ3v) is 1.69. The Balaban J connectivity index is 2.76. The van der Waals surface area contributed by atoms with E-state index in [9.17, 15) is 18.0 Å². The van der Waals surface area contributed by atoms with Crippen molar-refractivity contribution in [2.45, 2.75) is 12.3 Å². The first-order valence-corrected chi connectivity index (χ1v) is 4.01. The van der Waals surface area contributed by atoms with Crippen molar-refractivity contribution in [3.05, 3.63) is 11.6 Å². The number of rotatable bonds is 4. The lowest BCUT2D eigenvalue weighted by molar-refractivity contribution is -0.228. The number of carbonyl (C=O) groups excluding carboxylic acids is 1. The molecule has 0 aromatic heterocycles. The van der Waals surface area contributed by atoms with Gasteiger partial charge in [-0.25, -0.2) is 4.79 Å². The summed E-state index contributed by atoms with van der Waals surface area (Å²) in [5.41, 5.74) is -0.528. The van der Waals surface area contributed by atoms with Gasteiger partial charge in [0.1, 0.15) is 13.4 Å². The molecule has 1 unspecified atom stereocenters. The van der Waals surface area contributed by atoms with Crippen LogP contribution in [0.15, 0.2) is 11.6 Å². The zero-order valence-corrected chi connectivity index (χ0v) is 7.84. The number of halogens is 3. The molecule has 0 fully saturated rings. The molecule has 1 atom stereocenters. The molecule has 1 rings (SSSR count). The van der Waals surface area contributed by atoms with Gasteiger partial charge < -0.3 is 14.2 Å². The molecule has 86 valence electrons. The van der Waals surface area contributed by atoms with Crippen LogP contribution in [-0.4, -0.2) is 38.8 Å². The first kappa shape index (κ1) is 12.0. The van der Waals surface area contributed by atoms with Crippen LogP contribution in [0.1, 0.15) is 0 Å². The highest BCUT2D eigenvalue weighted by atomic mass is 19.4. The predicted molar refractivity (Wildman–Crippen MR) is 41.8 cm³/mol. The molecule has 1 heterocycles. The van der Waals surface area contributed by atoms with Crippen molar-refractivity contribution in [3.63, 3.8) is 0 Å². The fraction of sp³-hybridized carbons (Fsp3) is 0.625. The molecular weight excluding hydrogens is 217 g/mol. The van der Waals surface area contributed by atoms with Gasteiger partial charge >= 0.3 is 12.1 Å². The molecule has 4 nitrogen and oxygen atoms in total. The van der Waals surface area contributed by atoms with Crippen molar-refractivity contribution in [1.29, 1.82) is 0 Å². The van der Waals surface area contributed by atoms with Crippen LogP contribution in [0, 0.1) is 0 Å². The van der Waals surface area contributed by atoms with Crippen molar-refractivity contribution >= 4 is 5.97 Å². The maximum atomic E-state index is 12.4. The van der Waals surface area contributed by atoms with Gasteiger partial charge in [-0.3, -0.25) is 0 Å². The summed E-state index contributed by atoms with van der Waals surface area (Å²) < 4.78 is 50.4. The summed E-state index contributed by atoms with van der Waals surface area (Å²) in [7, 11) is 1.19. The number of cyclic esters (lactones) is 1. The second-order valence-corrected chi connectivity index (χ2v) is 2.75. The number of alkyl halides is 3. The van der Waals surface area contributed by atoms with Crippen molar-refractivity contribution in [2.75, 3.05) is 20.5 Å². The van der Waals surface area contributed by atoms with E-state index >= 15 is 0 Å². The third-order valence-electron chi connectivity index (χ3n) is 1.69. The molecule has 1 aliphatic rings. The summed E-state index contributed by atoms with van der Waals surface area (Å²) in [6, 6.07) is 0. The monoisotopic (exact) mass is 226 g/mol. The van der Waals surface area contributed by atoms with E-state index in [1.54, 1.807) is 0 Å². The van der Waals surface area contributed by atoms with Crippen LogP contribution in [0.2, 0.25) is 0 Å². The molecule has 0 saturated heterocycles. The van der Waals surface area contributed by atoms with Gasteiger partial charge in [-0.05, 0) is 6.08 Å². The average molecular weight is 226 g/mol. The van der Waals surface area contributed by atoms with Crippen LogP contribution in [0.3, 0.4) is 0 Å². The first-order chi connectivity index (χ1) is 6.96. The smallest absolute Gasteiger partial charge is 0.419 e. The maximum absolute atomic E-state index is 12.4. The molecule has 0 aromatic carbocycles. The van der Waals surface area contributed by atoms with Gasteiger partial charge in [-0.15, -0.1) is 0 Å². The average Bonchev–Trinajstić information content (AvgIpc) is 2.51. The van der Waals surface area contributed by atoms with Gasteiger partial charge in [0, 0.05) is 7.11 Å². The van der Waals surface area contributed by atoms with Gasteiger partial charge in [0.15, 0.2) is 6.10 Å². The van der Waals surface area contributed by atoms with Crippen LogP contribution in [0.4, 0.5) is 13.2 Å². The maximum Gasteiger partial charge on any atom is 0.419 e. The molecule has 0 spiro atoms. The summed E-state index contributed by atoms with van der Waals surface area (Å²) in [6.45, 7) is -0.702. The number of hydrogen-bond donors (Lipinski definition) is 0. The largest absolute Gasteiger partial charge is 0.458 e. The van der Waals surface area contributed by atoms with Crippen LogP contribution in [-0.2, 0) is 19.0 Å². The lowest BCUT2D eigenvalue weighted by Gasteiger charge is -2.19. The van der Waals surface area contributed by atoms with Gasteiger partial charge in [-0.2, -0.15) is 13.2 Å². The Morgan fingerprint density at radius 1 is 1.60 bits per heavy atom. The SMILES string of the molecule is COCOC(C1=CCOC1=O)C(F)(F)F. The van der Waals surface area contributed by atoms with E-state index < -0.39 is 30.6 Å². The van der Waals surface area contributed by atoms with E-state index in [-0.39, 0.29) is 6.61 Å². The Hall–Kier alpha value is -1.08. The van der Waals surface area contributed by atoms with E-state index in [0.29, 0.717) is 0 Å². The van der Waals surface area contributed by atoms with E-state index in [4.69, 9.17) is 0 Å². The summed E-state index contributed by atoms with van der Waals surface area (Å²) in [5.74, 6) is -1.01. The predicted octanol–water partition coefficient (Wildman–Crippen LogP) is 1.02. The lowest BCUT2D eigenvalue weighted by atomic mass is 10.1. The fourth-order valence-electron chi connectivity index (χ4n) is 1.08. The fourth-order valence-corrected chi connectivity index (χ4v) is 1.08. The van der Waals surface area contributed by atoms with Gasteiger partial charge in [-0.1, -0.05) is 0 Å². The molecular formula is C8H9F3O4. The van der Waals surface area contributed by atoms with Gasteiger partial charge in [0.05, 0.1) is 5.57 Å². The highest BCUT2D eigenvalue weighted by Gasteiger charge is 2.47. The van der Waals surface area contributed by atoms with Crippen LogP contribution >= 0.6 is 0 Å². The third kappa shape index (κ3) is 2.93. The zero-order valence-electron chi connectivity index (χ0n) is 7.84. The molecule has 7 heteroatoms. The minimum atomic E-state index is -4.66. The van der Waals surface area contributed by atoms with Crippen molar-refractivity contribution < 1.29 is 32.2 Å². The summed E-state index contributed by atoms with van der Waals surface area (Å²) >= 11 is 0. The van der Waals surface area contributed by atoms with E-state index in [2.05, 4.69) is 14.2 Å². The molecule has 0 bridgehead atoms. The van der Waals surface area contributed by atoms with Crippen LogP contribution in [0.25, 0.3) is 0 Å². The Morgan fingerprint density at radius 3 is 2.67 bits per heavy atom. The van der Waals surface area contributed by atoms with E-state index in [1.165, 1.54) is 7.11 Å².